The van der Waals surface area contributed by atoms with Gasteiger partial charge in [0.25, 0.3) is 0 Å². The van der Waals surface area contributed by atoms with Crippen LogP contribution in [0.5, 0.6) is 17.4 Å². The molecule has 2 aromatic heterocycles. The summed E-state index contributed by atoms with van der Waals surface area (Å²) < 4.78 is 13.1. The van der Waals surface area contributed by atoms with E-state index in [2.05, 4.69) is 4.98 Å². The van der Waals surface area contributed by atoms with E-state index in [0.29, 0.717) is 39.9 Å². The number of carbonyl (C=O) groups excluding carboxylic acids is 1. The number of nitrogens with one attached hydrogen (secondary N) is 1. The molecule has 0 fully saturated rings. The zero-order chi connectivity index (χ0) is 24.7. The molecule has 0 aliphatic rings. The molecule has 178 valence electrons. The fourth-order valence-electron chi connectivity index (χ4n) is 4.17. The first kappa shape index (κ1) is 22.4. The van der Waals surface area contributed by atoms with E-state index in [1.807, 2.05) is 48.5 Å². The Morgan fingerprint density at radius 3 is 2.49 bits per heavy atom. The molecule has 0 aliphatic carbocycles. The van der Waals surface area contributed by atoms with Crippen molar-refractivity contribution in [1.29, 1.82) is 0 Å². The van der Waals surface area contributed by atoms with Crippen LogP contribution in [0.3, 0.4) is 0 Å². The van der Waals surface area contributed by atoms with Gasteiger partial charge in [0.05, 0.1) is 16.6 Å². The molecule has 0 saturated heterocycles. The minimum absolute atomic E-state index is 0.0133. The van der Waals surface area contributed by atoms with Gasteiger partial charge in [-0.15, -0.1) is 0 Å². The van der Waals surface area contributed by atoms with Crippen molar-refractivity contribution in [2.45, 2.75) is 33.0 Å². The predicted molar refractivity (Wildman–Crippen MR) is 135 cm³/mol. The highest BCUT2D eigenvalue weighted by atomic mass is 16.6. The maximum atomic E-state index is 13.3. The summed E-state index contributed by atoms with van der Waals surface area (Å²) in [5.74, 6) is 0.613. The van der Waals surface area contributed by atoms with Crippen molar-refractivity contribution in [2.24, 2.45) is 0 Å². The minimum Gasteiger partial charge on any atom is -0.508 e. The summed E-state index contributed by atoms with van der Waals surface area (Å²) in [5.41, 5.74) is 1.92. The quantitative estimate of drug-likeness (QED) is 0.276. The summed E-state index contributed by atoms with van der Waals surface area (Å²) in [6.45, 7) is 5.82. The van der Waals surface area contributed by atoms with Crippen LogP contribution in [0.4, 0.5) is 4.79 Å². The maximum Gasteiger partial charge on any atom is 0.419 e. The van der Waals surface area contributed by atoms with E-state index in [9.17, 15) is 15.0 Å². The van der Waals surface area contributed by atoms with Crippen molar-refractivity contribution in [3.05, 3.63) is 78.5 Å². The number of aromatic hydroxyl groups is 2. The Bertz CT molecular complexity index is 1540. The van der Waals surface area contributed by atoms with Crippen molar-refractivity contribution in [1.82, 2.24) is 9.55 Å². The Hall–Kier alpha value is -4.39. The van der Waals surface area contributed by atoms with Crippen LogP contribution in [0, 0.1) is 0 Å². The van der Waals surface area contributed by atoms with Gasteiger partial charge in [-0.25, -0.2) is 9.36 Å². The zero-order valence-electron chi connectivity index (χ0n) is 19.7. The van der Waals surface area contributed by atoms with Crippen LogP contribution in [0.15, 0.2) is 72.9 Å². The van der Waals surface area contributed by atoms with Crippen LogP contribution >= 0.6 is 0 Å². The van der Waals surface area contributed by atoms with Gasteiger partial charge in [0.2, 0.25) is 0 Å². The van der Waals surface area contributed by atoms with E-state index in [-0.39, 0.29) is 11.6 Å². The predicted octanol–water partition coefficient (Wildman–Crippen LogP) is 6.56. The van der Waals surface area contributed by atoms with E-state index in [1.54, 1.807) is 39.1 Å². The van der Waals surface area contributed by atoms with Gasteiger partial charge in [0, 0.05) is 22.5 Å². The Balaban J connectivity index is 1.65. The van der Waals surface area contributed by atoms with Gasteiger partial charge < -0.3 is 24.7 Å². The number of benzene rings is 3. The average molecular weight is 471 g/mol. The molecule has 3 aromatic carbocycles. The number of carbonyl (C=O) groups is 1. The third-order valence-electron chi connectivity index (χ3n) is 5.63. The second-order valence-corrected chi connectivity index (χ2v) is 9.44. The molecule has 0 radical (unpaired) electrons. The molecule has 5 rings (SSSR count). The molecule has 0 amide bonds. The van der Waals surface area contributed by atoms with Crippen LogP contribution in [-0.4, -0.2) is 31.5 Å². The molecule has 0 saturated carbocycles. The summed E-state index contributed by atoms with van der Waals surface area (Å²) in [4.78, 5) is 16.1. The lowest BCUT2D eigenvalue weighted by Crippen LogP contribution is -2.27. The van der Waals surface area contributed by atoms with Gasteiger partial charge >= 0.3 is 6.09 Å². The highest BCUT2D eigenvalue weighted by molar-refractivity contribution is 6.05. The Morgan fingerprint density at radius 2 is 1.74 bits per heavy atom. The Kier molecular flexibility index (Phi) is 5.40. The molecule has 2 heterocycles. The number of phenols is 1. The number of nitrogens with zero attached hydrogens (tertiary/aromatic N) is 1. The third kappa shape index (κ3) is 4.40. The van der Waals surface area contributed by atoms with Crippen LogP contribution in [0.1, 0.15) is 26.3 Å². The normalized spacial score (nSPS) is 11.7. The largest absolute Gasteiger partial charge is 0.508 e. The SMILES string of the molecule is CC(C)(C)OC(=O)n1c(-c2cc(O)cc3c[nH]c(O)c23)cc2cc(OCc3ccccc3)ccc21. The number of H-pyrrole nitrogens is 1. The summed E-state index contributed by atoms with van der Waals surface area (Å²) in [6, 6.07) is 20.2. The molecule has 5 aromatic rings. The Morgan fingerprint density at radius 1 is 0.971 bits per heavy atom. The molecule has 0 spiro atoms. The van der Waals surface area contributed by atoms with E-state index >= 15 is 0 Å². The second kappa shape index (κ2) is 8.43. The second-order valence-electron chi connectivity index (χ2n) is 9.44. The number of fused-ring (bicyclic) bond motifs is 2. The van der Waals surface area contributed by atoms with Crippen LogP contribution < -0.4 is 4.74 Å². The maximum absolute atomic E-state index is 13.3. The van der Waals surface area contributed by atoms with Crippen LogP contribution in [0.2, 0.25) is 0 Å². The number of aromatic nitrogens is 2. The molecular weight excluding hydrogens is 444 g/mol. The standard InChI is InChI=1S/C28H26N2O5/c1-28(2,3)35-27(33)30-23-10-9-21(34-16-17-7-5-4-6-8-17)12-18(23)13-24(30)22-14-20(31)11-19-15-29-26(32)25(19)22/h4-15,29,31-32H,16H2,1-3H3. The molecule has 7 heteroatoms. The van der Waals surface area contributed by atoms with Crippen molar-refractivity contribution >= 4 is 27.8 Å². The molecular formula is C28H26N2O5. The zero-order valence-corrected chi connectivity index (χ0v) is 19.7. The topological polar surface area (TPSA) is 96.7 Å². The van der Waals surface area contributed by atoms with Gasteiger partial charge in [-0.05, 0) is 62.7 Å². The van der Waals surface area contributed by atoms with Crippen molar-refractivity contribution in [3.63, 3.8) is 0 Å². The average Bonchev–Trinajstić information content (AvgIpc) is 3.37. The first-order chi connectivity index (χ1) is 16.7. The summed E-state index contributed by atoms with van der Waals surface area (Å²) in [6.07, 6.45) is 1.04. The summed E-state index contributed by atoms with van der Waals surface area (Å²) in [7, 11) is 0. The molecule has 35 heavy (non-hydrogen) atoms. The lowest BCUT2D eigenvalue weighted by molar-refractivity contribution is 0.0547. The fraction of sp³-hybridized carbons (Fsp3) is 0.179. The highest BCUT2D eigenvalue weighted by Gasteiger charge is 2.25. The number of hydrogen-bond donors (Lipinski definition) is 3. The van der Waals surface area contributed by atoms with Gasteiger partial charge in [-0.1, -0.05) is 30.3 Å². The van der Waals surface area contributed by atoms with Gasteiger partial charge in [-0.3, -0.25) is 0 Å². The van der Waals surface area contributed by atoms with E-state index in [4.69, 9.17) is 9.47 Å². The van der Waals surface area contributed by atoms with E-state index in [0.717, 1.165) is 10.9 Å². The number of aromatic amines is 1. The van der Waals surface area contributed by atoms with E-state index in [1.165, 1.54) is 10.6 Å². The van der Waals surface area contributed by atoms with Gasteiger partial charge in [0.15, 0.2) is 5.88 Å². The van der Waals surface area contributed by atoms with Crippen molar-refractivity contribution in [3.8, 4) is 28.6 Å². The number of ether oxygens (including phenoxy) is 2. The van der Waals surface area contributed by atoms with E-state index < -0.39 is 11.7 Å². The molecule has 7 nitrogen and oxygen atoms in total. The molecule has 0 aliphatic heterocycles. The lowest BCUT2D eigenvalue weighted by Gasteiger charge is -2.21. The monoisotopic (exact) mass is 470 g/mol. The van der Waals surface area contributed by atoms with Crippen LogP contribution in [0.25, 0.3) is 32.9 Å². The fourth-order valence-corrected chi connectivity index (χ4v) is 4.17. The van der Waals surface area contributed by atoms with Gasteiger partial charge in [0.1, 0.15) is 23.7 Å². The summed E-state index contributed by atoms with van der Waals surface area (Å²) >= 11 is 0. The first-order valence-electron chi connectivity index (χ1n) is 11.3. The number of rotatable bonds is 4. The number of phenolic OH excluding ortho intramolecular Hbond substituents is 1. The highest BCUT2D eigenvalue weighted by Crippen LogP contribution is 2.40. The minimum atomic E-state index is -0.714. The summed E-state index contributed by atoms with van der Waals surface area (Å²) in [5, 5.41) is 22.7. The van der Waals surface area contributed by atoms with Crippen LogP contribution in [-0.2, 0) is 11.3 Å². The lowest BCUT2D eigenvalue weighted by atomic mass is 10.0. The van der Waals surface area contributed by atoms with Crippen molar-refractivity contribution < 1.29 is 24.5 Å². The van der Waals surface area contributed by atoms with Crippen molar-refractivity contribution in [2.75, 3.05) is 0 Å². The molecule has 0 unspecified atom stereocenters. The first-order valence-corrected chi connectivity index (χ1v) is 11.3. The third-order valence-corrected chi connectivity index (χ3v) is 5.63. The smallest absolute Gasteiger partial charge is 0.419 e. The molecule has 3 N–H and O–H groups in total. The molecule has 0 bridgehead atoms. The Labute approximate surface area is 202 Å². The van der Waals surface area contributed by atoms with Gasteiger partial charge in [-0.2, -0.15) is 0 Å². The number of hydrogen-bond acceptors (Lipinski definition) is 5. The molecule has 0 atom stereocenters.